The second kappa shape index (κ2) is 5.31. The lowest BCUT2D eigenvalue weighted by atomic mass is 10.0. The zero-order valence-electron chi connectivity index (χ0n) is 11.5. The predicted molar refractivity (Wildman–Crippen MR) is 82.0 cm³/mol. The summed E-state index contributed by atoms with van der Waals surface area (Å²) in [7, 11) is 1.92. The second-order valence-electron chi connectivity index (χ2n) is 4.78. The highest BCUT2D eigenvalue weighted by molar-refractivity contribution is 5.71. The van der Waals surface area contributed by atoms with Gasteiger partial charge in [0.15, 0.2) is 0 Å². The average molecular weight is 263 g/mol. The lowest BCUT2D eigenvalue weighted by Gasteiger charge is -2.06. The first-order valence-electron chi connectivity index (χ1n) is 6.66. The summed E-state index contributed by atoms with van der Waals surface area (Å²) in [4.78, 5) is 0. The molecule has 0 bridgehead atoms. The molecule has 0 aliphatic heterocycles. The molecule has 3 aromatic rings. The number of rotatable bonds is 3. The number of hydrogen-bond acceptors (Lipinski definition) is 2. The van der Waals surface area contributed by atoms with Gasteiger partial charge < -0.3 is 5.73 Å². The van der Waals surface area contributed by atoms with Gasteiger partial charge in [-0.25, -0.2) is 0 Å². The van der Waals surface area contributed by atoms with Crippen LogP contribution in [0.15, 0.2) is 60.8 Å². The zero-order valence-corrected chi connectivity index (χ0v) is 11.5. The lowest BCUT2D eigenvalue weighted by molar-refractivity contribution is 0.713. The molecule has 0 aliphatic rings. The molecule has 0 saturated heterocycles. The molecule has 0 aliphatic carbocycles. The van der Waals surface area contributed by atoms with E-state index in [0.717, 1.165) is 16.8 Å². The van der Waals surface area contributed by atoms with Gasteiger partial charge in [-0.2, -0.15) is 5.10 Å². The molecule has 0 spiro atoms. The van der Waals surface area contributed by atoms with Crippen LogP contribution in [0.25, 0.3) is 22.3 Å². The minimum absolute atomic E-state index is 0.492. The first-order chi connectivity index (χ1) is 9.79. The molecule has 2 aromatic carbocycles. The van der Waals surface area contributed by atoms with Crippen LogP contribution in [0.2, 0.25) is 0 Å². The smallest absolute Gasteiger partial charge is 0.0594 e. The van der Waals surface area contributed by atoms with Crippen molar-refractivity contribution in [1.82, 2.24) is 9.78 Å². The Hall–Kier alpha value is -2.39. The number of aromatic nitrogens is 2. The van der Waals surface area contributed by atoms with Crippen LogP contribution < -0.4 is 5.73 Å². The Labute approximate surface area is 118 Å². The normalized spacial score (nSPS) is 10.7. The Kier molecular flexibility index (Phi) is 3.35. The summed E-state index contributed by atoms with van der Waals surface area (Å²) in [6.07, 6.45) is 1.87. The average Bonchev–Trinajstić information content (AvgIpc) is 2.89. The standard InChI is InChI=1S/C17H17N3/c1-20-17(11-18)16(12-19-20)15-9-7-14(8-10-15)13-5-3-2-4-6-13/h2-10,12H,11,18H2,1H3. The highest BCUT2D eigenvalue weighted by atomic mass is 15.3. The molecule has 0 amide bonds. The molecule has 0 radical (unpaired) electrons. The van der Waals surface area contributed by atoms with Crippen LogP contribution in [0, 0.1) is 0 Å². The summed E-state index contributed by atoms with van der Waals surface area (Å²) >= 11 is 0. The highest BCUT2D eigenvalue weighted by Crippen LogP contribution is 2.26. The van der Waals surface area contributed by atoms with Crippen LogP contribution >= 0.6 is 0 Å². The van der Waals surface area contributed by atoms with Crippen LogP contribution in [-0.2, 0) is 13.6 Å². The maximum absolute atomic E-state index is 5.79. The minimum Gasteiger partial charge on any atom is -0.325 e. The van der Waals surface area contributed by atoms with Gasteiger partial charge in [0, 0.05) is 19.2 Å². The first-order valence-corrected chi connectivity index (χ1v) is 6.66. The van der Waals surface area contributed by atoms with Gasteiger partial charge in [-0.05, 0) is 16.7 Å². The lowest BCUT2D eigenvalue weighted by Crippen LogP contribution is -2.05. The number of nitrogens with two attached hydrogens (primary N) is 1. The predicted octanol–water partition coefficient (Wildman–Crippen LogP) is 3.21. The quantitative estimate of drug-likeness (QED) is 0.788. The van der Waals surface area contributed by atoms with Gasteiger partial charge in [-0.3, -0.25) is 4.68 Å². The summed E-state index contributed by atoms with van der Waals surface area (Å²) in [6.45, 7) is 0.492. The van der Waals surface area contributed by atoms with E-state index in [0.29, 0.717) is 6.54 Å². The summed E-state index contributed by atoms with van der Waals surface area (Å²) in [5, 5.41) is 4.28. The van der Waals surface area contributed by atoms with Gasteiger partial charge in [0.25, 0.3) is 0 Å². The SMILES string of the molecule is Cn1ncc(-c2ccc(-c3ccccc3)cc2)c1CN. The number of nitrogens with zero attached hydrogens (tertiary/aromatic N) is 2. The Morgan fingerprint density at radius 1 is 0.900 bits per heavy atom. The molecule has 2 N–H and O–H groups in total. The topological polar surface area (TPSA) is 43.8 Å². The van der Waals surface area contributed by atoms with E-state index in [2.05, 4.69) is 53.6 Å². The monoisotopic (exact) mass is 263 g/mol. The van der Waals surface area contributed by atoms with E-state index in [4.69, 9.17) is 5.73 Å². The van der Waals surface area contributed by atoms with Crippen LogP contribution in [0.4, 0.5) is 0 Å². The molecule has 1 heterocycles. The van der Waals surface area contributed by atoms with Crippen molar-refractivity contribution in [2.75, 3.05) is 0 Å². The summed E-state index contributed by atoms with van der Waals surface area (Å²) < 4.78 is 1.83. The molecule has 0 atom stereocenters. The molecule has 0 saturated carbocycles. The molecule has 3 heteroatoms. The van der Waals surface area contributed by atoms with E-state index in [9.17, 15) is 0 Å². The van der Waals surface area contributed by atoms with Crippen molar-refractivity contribution in [2.45, 2.75) is 6.54 Å². The first kappa shape index (κ1) is 12.6. The Balaban J connectivity index is 1.97. The second-order valence-corrected chi connectivity index (χ2v) is 4.78. The van der Waals surface area contributed by atoms with E-state index in [-0.39, 0.29) is 0 Å². The van der Waals surface area contributed by atoms with Crippen molar-refractivity contribution in [3.8, 4) is 22.3 Å². The fourth-order valence-corrected chi connectivity index (χ4v) is 2.42. The Bertz CT molecular complexity index is 697. The van der Waals surface area contributed by atoms with Gasteiger partial charge in [0.2, 0.25) is 0 Å². The van der Waals surface area contributed by atoms with Crippen LogP contribution in [0.5, 0.6) is 0 Å². The van der Waals surface area contributed by atoms with E-state index >= 15 is 0 Å². The van der Waals surface area contributed by atoms with Gasteiger partial charge >= 0.3 is 0 Å². The Morgan fingerprint density at radius 2 is 1.50 bits per heavy atom. The largest absolute Gasteiger partial charge is 0.325 e. The fourth-order valence-electron chi connectivity index (χ4n) is 2.42. The molecular weight excluding hydrogens is 246 g/mol. The van der Waals surface area contributed by atoms with Crippen LogP contribution in [0.1, 0.15) is 5.69 Å². The van der Waals surface area contributed by atoms with Crippen molar-refractivity contribution >= 4 is 0 Å². The van der Waals surface area contributed by atoms with Crippen molar-refractivity contribution in [1.29, 1.82) is 0 Å². The molecule has 3 nitrogen and oxygen atoms in total. The van der Waals surface area contributed by atoms with Gasteiger partial charge in [0.1, 0.15) is 0 Å². The maximum Gasteiger partial charge on any atom is 0.0594 e. The number of benzene rings is 2. The summed E-state index contributed by atoms with van der Waals surface area (Å²) in [6, 6.07) is 18.9. The summed E-state index contributed by atoms with van der Waals surface area (Å²) in [5.74, 6) is 0. The molecule has 100 valence electrons. The van der Waals surface area contributed by atoms with Crippen LogP contribution in [-0.4, -0.2) is 9.78 Å². The van der Waals surface area contributed by atoms with E-state index in [1.807, 2.05) is 24.0 Å². The number of aryl methyl sites for hydroxylation is 1. The Morgan fingerprint density at radius 3 is 2.15 bits per heavy atom. The highest BCUT2D eigenvalue weighted by Gasteiger charge is 2.09. The van der Waals surface area contributed by atoms with E-state index in [1.165, 1.54) is 11.1 Å². The molecule has 1 aromatic heterocycles. The molecule has 0 fully saturated rings. The summed E-state index contributed by atoms with van der Waals surface area (Å²) in [5.41, 5.74) is 11.5. The zero-order chi connectivity index (χ0) is 13.9. The van der Waals surface area contributed by atoms with Gasteiger partial charge in [-0.15, -0.1) is 0 Å². The van der Waals surface area contributed by atoms with E-state index in [1.54, 1.807) is 0 Å². The van der Waals surface area contributed by atoms with Crippen molar-refractivity contribution in [3.05, 3.63) is 66.5 Å². The van der Waals surface area contributed by atoms with E-state index < -0.39 is 0 Å². The fraction of sp³-hybridized carbons (Fsp3) is 0.118. The van der Waals surface area contributed by atoms with Gasteiger partial charge in [0.05, 0.1) is 11.9 Å². The van der Waals surface area contributed by atoms with Crippen molar-refractivity contribution in [2.24, 2.45) is 12.8 Å². The molecule has 0 unspecified atom stereocenters. The number of hydrogen-bond donors (Lipinski definition) is 1. The minimum atomic E-state index is 0.492. The van der Waals surface area contributed by atoms with Crippen molar-refractivity contribution < 1.29 is 0 Å². The molecular formula is C17H17N3. The third-order valence-electron chi connectivity index (χ3n) is 3.56. The third kappa shape index (κ3) is 2.24. The van der Waals surface area contributed by atoms with Gasteiger partial charge in [-0.1, -0.05) is 54.6 Å². The third-order valence-corrected chi connectivity index (χ3v) is 3.56. The van der Waals surface area contributed by atoms with Crippen LogP contribution in [0.3, 0.4) is 0 Å². The van der Waals surface area contributed by atoms with Crippen molar-refractivity contribution in [3.63, 3.8) is 0 Å². The molecule has 20 heavy (non-hydrogen) atoms. The maximum atomic E-state index is 5.79. The molecule has 3 rings (SSSR count).